The van der Waals surface area contributed by atoms with E-state index in [1.165, 1.54) is 29.3 Å². The number of nitrogens with one attached hydrogen (secondary N) is 1. The normalized spacial score (nSPS) is 12.4. The Hall–Kier alpha value is -1.74. The summed E-state index contributed by atoms with van der Waals surface area (Å²) in [6.07, 6.45) is 1.08. The molecule has 0 heterocycles. The van der Waals surface area contributed by atoms with Gasteiger partial charge in [0.05, 0.1) is 0 Å². The number of halogens is 2. The summed E-state index contributed by atoms with van der Waals surface area (Å²) in [5.41, 5.74) is 2.51. The third kappa shape index (κ3) is 3.64. The Morgan fingerprint density at radius 1 is 1.00 bits per heavy atom. The molecule has 0 aliphatic heterocycles. The molecule has 0 aliphatic rings. The van der Waals surface area contributed by atoms with Gasteiger partial charge in [0.1, 0.15) is 11.6 Å². The first-order valence-electron chi connectivity index (χ1n) is 6.76. The summed E-state index contributed by atoms with van der Waals surface area (Å²) in [5, 5.41) is 3.14. The third-order valence-electron chi connectivity index (χ3n) is 3.49. The zero-order valence-electron chi connectivity index (χ0n) is 11.8. The van der Waals surface area contributed by atoms with Gasteiger partial charge in [-0.3, -0.25) is 0 Å². The Bertz CT molecular complexity index is 561. The SMILES string of the molecule is CNC(Cc1cccc(C)c1)Cc1c(F)cccc1F. The van der Waals surface area contributed by atoms with Gasteiger partial charge in [-0.25, -0.2) is 8.78 Å². The van der Waals surface area contributed by atoms with E-state index in [4.69, 9.17) is 0 Å². The van der Waals surface area contributed by atoms with Crippen molar-refractivity contribution in [1.29, 1.82) is 0 Å². The van der Waals surface area contributed by atoms with Gasteiger partial charge in [0.2, 0.25) is 0 Å². The molecular weight excluding hydrogens is 256 g/mol. The number of likely N-dealkylation sites (N-methyl/N-ethyl adjacent to an activating group) is 1. The molecule has 0 saturated carbocycles. The van der Waals surface area contributed by atoms with Crippen LogP contribution in [-0.2, 0) is 12.8 Å². The molecule has 0 amide bonds. The van der Waals surface area contributed by atoms with Crippen molar-refractivity contribution in [1.82, 2.24) is 5.32 Å². The zero-order valence-corrected chi connectivity index (χ0v) is 11.8. The average Bonchev–Trinajstić information content (AvgIpc) is 2.42. The van der Waals surface area contributed by atoms with Crippen LogP contribution >= 0.6 is 0 Å². The van der Waals surface area contributed by atoms with Gasteiger partial charge in [-0.1, -0.05) is 35.9 Å². The molecule has 0 aromatic heterocycles. The van der Waals surface area contributed by atoms with Gasteiger partial charge in [0.25, 0.3) is 0 Å². The number of rotatable bonds is 5. The van der Waals surface area contributed by atoms with Gasteiger partial charge in [-0.2, -0.15) is 0 Å². The van der Waals surface area contributed by atoms with Gasteiger partial charge in [0.15, 0.2) is 0 Å². The maximum absolute atomic E-state index is 13.7. The van der Waals surface area contributed by atoms with Crippen molar-refractivity contribution >= 4 is 0 Å². The summed E-state index contributed by atoms with van der Waals surface area (Å²) >= 11 is 0. The van der Waals surface area contributed by atoms with Gasteiger partial charge < -0.3 is 5.32 Å². The van der Waals surface area contributed by atoms with Crippen LogP contribution in [-0.4, -0.2) is 13.1 Å². The number of hydrogen-bond donors (Lipinski definition) is 1. The van der Waals surface area contributed by atoms with E-state index in [0.717, 1.165) is 6.42 Å². The molecule has 1 atom stereocenters. The minimum Gasteiger partial charge on any atom is -0.316 e. The molecule has 0 bridgehead atoms. The van der Waals surface area contributed by atoms with Crippen molar-refractivity contribution in [3.05, 3.63) is 70.8 Å². The van der Waals surface area contributed by atoms with E-state index < -0.39 is 11.6 Å². The van der Waals surface area contributed by atoms with Crippen LogP contribution < -0.4 is 5.32 Å². The van der Waals surface area contributed by atoms with Gasteiger partial charge in [0, 0.05) is 11.6 Å². The van der Waals surface area contributed by atoms with Crippen molar-refractivity contribution in [2.45, 2.75) is 25.8 Å². The maximum atomic E-state index is 13.7. The molecule has 0 aliphatic carbocycles. The second-order valence-corrected chi connectivity index (χ2v) is 5.08. The fourth-order valence-electron chi connectivity index (χ4n) is 2.37. The lowest BCUT2D eigenvalue weighted by Crippen LogP contribution is -2.30. The monoisotopic (exact) mass is 275 g/mol. The van der Waals surface area contributed by atoms with Crippen LogP contribution in [0.5, 0.6) is 0 Å². The summed E-state index contributed by atoms with van der Waals surface area (Å²) in [6, 6.07) is 12.2. The summed E-state index contributed by atoms with van der Waals surface area (Å²) in [5.74, 6) is -0.955. The molecular formula is C17H19F2N. The molecule has 0 radical (unpaired) electrons. The molecule has 2 aromatic carbocycles. The Morgan fingerprint density at radius 2 is 1.65 bits per heavy atom. The minimum absolute atomic E-state index is 0.00296. The van der Waals surface area contributed by atoms with Crippen LogP contribution in [0, 0.1) is 18.6 Å². The van der Waals surface area contributed by atoms with Crippen LogP contribution in [0.2, 0.25) is 0 Å². The highest BCUT2D eigenvalue weighted by molar-refractivity contribution is 5.25. The molecule has 1 unspecified atom stereocenters. The highest BCUT2D eigenvalue weighted by atomic mass is 19.1. The van der Waals surface area contributed by atoms with E-state index >= 15 is 0 Å². The first-order valence-corrected chi connectivity index (χ1v) is 6.76. The van der Waals surface area contributed by atoms with E-state index in [1.807, 2.05) is 32.2 Å². The van der Waals surface area contributed by atoms with E-state index in [0.29, 0.717) is 6.42 Å². The smallest absolute Gasteiger partial charge is 0.129 e. The lowest BCUT2D eigenvalue weighted by Gasteiger charge is -2.17. The molecule has 1 nitrogen and oxygen atoms in total. The first kappa shape index (κ1) is 14.7. The average molecular weight is 275 g/mol. The van der Waals surface area contributed by atoms with E-state index in [1.54, 1.807) is 0 Å². The molecule has 20 heavy (non-hydrogen) atoms. The first-order chi connectivity index (χ1) is 9.60. The Morgan fingerprint density at radius 3 is 2.25 bits per heavy atom. The fraction of sp³-hybridized carbons (Fsp3) is 0.294. The van der Waals surface area contributed by atoms with Crippen LogP contribution in [0.1, 0.15) is 16.7 Å². The minimum atomic E-state index is -0.477. The van der Waals surface area contributed by atoms with Gasteiger partial charge in [-0.15, -0.1) is 0 Å². The summed E-state index contributed by atoms with van der Waals surface area (Å²) in [4.78, 5) is 0. The summed E-state index contributed by atoms with van der Waals surface area (Å²) in [6.45, 7) is 2.04. The highest BCUT2D eigenvalue weighted by Gasteiger charge is 2.15. The predicted molar refractivity (Wildman–Crippen MR) is 77.8 cm³/mol. The van der Waals surface area contributed by atoms with Crippen LogP contribution in [0.15, 0.2) is 42.5 Å². The van der Waals surface area contributed by atoms with Crippen LogP contribution in [0.25, 0.3) is 0 Å². The maximum Gasteiger partial charge on any atom is 0.129 e. The lowest BCUT2D eigenvalue weighted by molar-refractivity contribution is 0.502. The standard InChI is InChI=1S/C17H19F2N/c1-12-5-3-6-13(9-12)10-14(20-2)11-15-16(18)7-4-8-17(15)19/h3-9,14,20H,10-11H2,1-2H3. The topological polar surface area (TPSA) is 12.0 Å². The van der Waals surface area contributed by atoms with Crippen molar-refractivity contribution in [3.8, 4) is 0 Å². The molecule has 3 heteroatoms. The number of hydrogen-bond acceptors (Lipinski definition) is 1. The van der Waals surface area contributed by atoms with Crippen LogP contribution in [0.4, 0.5) is 8.78 Å². The van der Waals surface area contributed by atoms with Crippen molar-refractivity contribution in [2.24, 2.45) is 0 Å². The van der Waals surface area contributed by atoms with E-state index in [-0.39, 0.29) is 11.6 Å². The quantitative estimate of drug-likeness (QED) is 0.878. The van der Waals surface area contributed by atoms with Crippen molar-refractivity contribution in [2.75, 3.05) is 7.05 Å². The highest BCUT2D eigenvalue weighted by Crippen LogP contribution is 2.16. The molecule has 0 saturated heterocycles. The van der Waals surface area contributed by atoms with Crippen molar-refractivity contribution < 1.29 is 8.78 Å². The molecule has 2 aromatic rings. The molecule has 0 spiro atoms. The predicted octanol–water partition coefficient (Wildman–Crippen LogP) is 3.65. The van der Waals surface area contributed by atoms with Gasteiger partial charge >= 0.3 is 0 Å². The molecule has 0 fully saturated rings. The third-order valence-corrected chi connectivity index (χ3v) is 3.49. The van der Waals surface area contributed by atoms with E-state index in [2.05, 4.69) is 11.4 Å². The molecule has 106 valence electrons. The van der Waals surface area contributed by atoms with Crippen LogP contribution in [0.3, 0.4) is 0 Å². The van der Waals surface area contributed by atoms with Crippen molar-refractivity contribution in [3.63, 3.8) is 0 Å². The Balaban J connectivity index is 2.13. The lowest BCUT2D eigenvalue weighted by atomic mass is 9.97. The number of benzene rings is 2. The number of aryl methyl sites for hydroxylation is 1. The molecule has 2 rings (SSSR count). The summed E-state index contributed by atoms with van der Waals surface area (Å²) < 4.78 is 27.4. The second kappa shape index (κ2) is 6.62. The second-order valence-electron chi connectivity index (χ2n) is 5.08. The Kier molecular flexibility index (Phi) is 4.85. The Labute approximate surface area is 118 Å². The van der Waals surface area contributed by atoms with E-state index in [9.17, 15) is 8.78 Å². The summed E-state index contributed by atoms with van der Waals surface area (Å²) in [7, 11) is 1.82. The zero-order chi connectivity index (χ0) is 14.5. The molecule has 1 N–H and O–H groups in total. The van der Waals surface area contributed by atoms with Gasteiger partial charge in [-0.05, 0) is 44.5 Å². The fourth-order valence-corrected chi connectivity index (χ4v) is 2.37. The largest absolute Gasteiger partial charge is 0.316 e.